The van der Waals surface area contributed by atoms with Crippen LogP contribution in [0.5, 0.6) is 5.75 Å². The second kappa shape index (κ2) is 13.3. The van der Waals surface area contributed by atoms with Crippen LogP contribution >= 0.6 is 0 Å². The molecule has 2 aromatic heterocycles. The summed E-state index contributed by atoms with van der Waals surface area (Å²) < 4.78 is 2.17. The van der Waals surface area contributed by atoms with Crippen LogP contribution in [0, 0.1) is 6.07 Å². The number of phenols is 1. The zero-order chi connectivity index (χ0) is 33.6. The third-order valence-electron chi connectivity index (χ3n) is 8.95. The molecular weight excluding hydrogens is 782 g/mol. The van der Waals surface area contributed by atoms with Crippen LogP contribution in [0.1, 0.15) is 52.7 Å². The van der Waals surface area contributed by atoms with Crippen molar-refractivity contribution in [2.24, 2.45) is 0 Å². The molecule has 0 aliphatic carbocycles. The van der Waals surface area contributed by atoms with Crippen LogP contribution in [0.3, 0.4) is 0 Å². The summed E-state index contributed by atoms with van der Waals surface area (Å²) in [5.74, 6) is 0.966. The number of para-hydroxylation sites is 2. The van der Waals surface area contributed by atoms with Gasteiger partial charge < -0.3 is 5.11 Å². The van der Waals surface area contributed by atoms with Crippen molar-refractivity contribution in [1.29, 1.82) is 0 Å². The van der Waals surface area contributed by atoms with Crippen molar-refractivity contribution in [3.8, 4) is 56.3 Å². The van der Waals surface area contributed by atoms with E-state index in [1.54, 1.807) is 0 Å². The van der Waals surface area contributed by atoms with E-state index in [2.05, 4.69) is 143 Å². The Kier molecular flexibility index (Phi) is 9.22. The maximum Gasteiger partial charge on any atom is 0.148 e. The van der Waals surface area contributed by atoms with Crippen molar-refractivity contribution in [3.63, 3.8) is 0 Å². The van der Waals surface area contributed by atoms with Gasteiger partial charge in [-0.05, 0) is 57.9 Å². The number of benzene rings is 5. The van der Waals surface area contributed by atoms with Crippen LogP contribution in [-0.4, -0.2) is 19.6 Å². The molecule has 0 spiro atoms. The number of imidazole rings is 1. The molecule has 0 atom stereocenters. The molecular formula is C44H40N3OPt-. The summed E-state index contributed by atoms with van der Waals surface area (Å²) in [5, 5.41) is 12.0. The Bertz CT molecular complexity index is 2260. The first-order valence-corrected chi connectivity index (χ1v) is 16.5. The molecule has 0 aliphatic heterocycles. The Morgan fingerprint density at radius 3 is 2.00 bits per heavy atom. The first-order valence-electron chi connectivity index (χ1n) is 16.5. The van der Waals surface area contributed by atoms with Gasteiger partial charge >= 0.3 is 0 Å². The minimum Gasteiger partial charge on any atom is -0.507 e. The van der Waals surface area contributed by atoms with Crippen molar-refractivity contribution >= 4 is 11.0 Å². The third kappa shape index (κ3) is 6.63. The maximum absolute atomic E-state index is 12.0. The molecule has 0 aliphatic rings. The van der Waals surface area contributed by atoms with Gasteiger partial charge in [-0.25, -0.2) is 4.98 Å². The molecule has 0 radical (unpaired) electrons. The number of hydrogen-bond donors (Lipinski definition) is 1. The Morgan fingerprint density at radius 1 is 0.633 bits per heavy atom. The maximum atomic E-state index is 12.0. The molecule has 2 heterocycles. The summed E-state index contributed by atoms with van der Waals surface area (Å²) >= 11 is 0. The Balaban J connectivity index is 0.00000417. The van der Waals surface area contributed by atoms with E-state index in [0.29, 0.717) is 5.82 Å². The Hall–Kier alpha value is -4.79. The van der Waals surface area contributed by atoms with Crippen LogP contribution < -0.4 is 0 Å². The van der Waals surface area contributed by atoms with Crippen LogP contribution in [-0.2, 0) is 31.9 Å². The van der Waals surface area contributed by atoms with E-state index < -0.39 is 0 Å². The van der Waals surface area contributed by atoms with Gasteiger partial charge in [0.1, 0.15) is 11.6 Å². The molecule has 5 aromatic carbocycles. The van der Waals surface area contributed by atoms with Gasteiger partial charge in [0, 0.05) is 44.2 Å². The quantitative estimate of drug-likeness (QED) is 0.176. The van der Waals surface area contributed by atoms with Crippen LogP contribution in [0.25, 0.3) is 61.6 Å². The molecule has 0 amide bonds. The fourth-order valence-corrected chi connectivity index (χ4v) is 6.31. The molecule has 7 aromatic rings. The molecule has 0 fully saturated rings. The molecule has 0 bridgehead atoms. The molecule has 7 rings (SSSR count). The fourth-order valence-electron chi connectivity index (χ4n) is 6.31. The normalized spacial score (nSPS) is 11.8. The number of nitrogens with zero attached hydrogens (tertiary/aromatic N) is 3. The molecule has 4 nitrogen and oxygen atoms in total. The Labute approximate surface area is 303 Å². The number of rotatable bonds is 5. The molecule has 0 saturated heterocycles. The van der Waals surface area contributed by atoms with Crippen LogP contribution in [0.4, 0.5) is 0 Å². The second-order valence-electron chi connectivity index (χ2n) is 14.5. The summed E-state index contributed by atoms with van der Waals surface area (Å²) in [5.41, 5.74) is 11.1. The molecule has 248 valence electrons. The van der Waals surface area contributed by atoms with E-state index in [-0.39, 0.29) is 37.6 Å². The average Bonchev–Trinajstić information content (AvgIpc) is 3.48. The standard InChI is InChI=1S/C44H40N3O.Pt/c1-43(2,3)33-27-36(41(48)37(28-33)44(4,5)6)42-46-40-35(21-14-22-39(40)47(42)34-19-11-8-12-20-34)31-17-13-18-32(25-31)38-26-30(23-24-45-38)29-15-9-7-10-16-29;/h7-24,26-28,48H,1-6H3;/q-1;. The van der Waals surface area contributed by atoms with Gasteiger partial charge in [0.2, 0.25) is 0 Å². The number of hydrogen-bond acceptors (Lipinski definition) is 3. The van der Waals surface area contributed by atoms with Gasteiger partial charge in [-0.2, -0.15) is 0 Å². The van der Waals surface area contributed by atoms with Crippen molar-refractivity contribution < 1.29 is 26.2 Å². The third-order valence-corrected chi connectivity index (χ3v) is 8.95. The van der Waals surface area contributed by atoms with Gasteiger partial charge in [0.05, 0.1) is 16.6 Å². The number of aromatic hydroxyl groups is 1. The predicted molar refractivity (Wildman–Crippen MR) is 199 cm³/mol. The zero-order valence-electron chi connectivity index (χ0n) is 28.7. The number of aromatic nitrogens is 3. The van der Waals surface area contributed by atoms with E-state index in [4.69, 9.17) is 9.97 Å². The monoisotopic (exact) mass is 821 g/mol. The van der Waals surface area contributed by atoms with Crippen molar-refractivity contribution in [3.05, 3.63) is 145 Å². The summed E-state index contributed by atoms with van der Waals surface area (Å²) in [6.07, 6.45) is 1.86. The van der Waals surface area contributed by atoms with E-state index in [0.717, 1.165) is 66.9 Å². The van der Waals surface area contributed by atoms with Gasteiger partial charge in [-0.3, -0.25) is 9.55 Å². The molecule has 5 heteroatoms. The minimum absolute atomic E-state index is 0. The summed E-state index contributed by atoms with van der Waals surface area (Å²) in [6.45, 7) is 13.1. The predicted octanol–water partition coefficient (Wildman–Crippen LogP) is 11.2. The first kappa shape index (κ1) is 34.1. The van der Waals surface area contributed by atoms with Crippen molar-refractivity contribution in [2.75, 3.05) is 0 Å². The Morgan fingerprint density at radius 2 is 1.31 bits per heavy atom. The number of pyridine rings is 1. The van der Waals surface area contributed by atoms with Crippen molar-refractivity contribution in [2.45, 2.75) is 52.4 Å². The minimum atomic E-state index is -0.268. The number of fused-ring (bicyclic) bond motifs is 1. The number of phenolic OH excluding ortho intramolecular Hbond substituents is 1. The van der Waals surface area contributed by atoms with E-state index in [9.17, 15) is 5.11 Å². The van der Waals surface area contributed by atoms with Gasteiger partial charge in [0.15, 0.2) is 0 Å². The van der Waals surface area contributed by atoms with Crippen LogP contribution in [0.15, 0.2) is 128 Å². The zero-order valence-corrected chi connectivity index (χ0v) is 31.0. The second-order valence-corrected chi connectivity index (χ2v) is 14.5. The largest absolute Gasteiger partial charge is 0.507 e. The van der Waals surface area contributed by atoms with Gasteiger partial charge in [-0.1, -0.05) is 125 Å². The summed E-state index contributed by atoms with van der Waals surface area (Å²) in [6, 6.07) is 45.2. The molecule has 0 unspecified atom stereocenters. The smallest absolute Gasteiger partial charge is 0.148 e. The molecule has 49 heavy (non-hydrogen) atoms. The SMILES string of the molecule is CC(C)(C)c1cc(-c2nc3c(-c4[c-]c(-c5cc(-c6ccccc6)ccn5)ccc4)cccc3n2-c2ccccc2)c(O)c(C(C)(C)C)c1.[Pt]. The molecule has 1 N–H and O–H groups in total. The summed E-state index contributed by atoms with van der Waals surface area (Å²) in [4.78, 5) is 10.1. The van der Waals surface area contributed by atoms with E-state index >= 15 is 0 Å². The molecule has 0 saturated carbocycles. The van der Waals surface area contributed by atoms with E-state index in [1.165, 1.54) is 0 Å². The fraction of sp³-hybridized carbons (Fsp3) is 0.182. The van der Waals surface area contributed by atoms with E-state index in [1.807, 2.05) is 36.5 Å². The summed E-state index contributed by atoms with van der Waals surface area (Å²) in [7, 11) is 0. The first-order chi connectivity index (χ1) is 23.0. The topological polar surface area (TPSA) is 50.9 Å². The average molecular weight is 822 g/mol. The van der Waals surface area contributed by atoms with Gasteiger partial charge in [0.25, 0.3) is 0 Å². The van der Waals surface area contributed by atoms with Gasteiger partial charge in [-0.15, -0.1) is 29.8 Å². The van der Waals surface area contributed by atoms with Crippen LogP contribution in [0.2, 0.25) is 0 Å². The van der Waals surface area contributed by atoms with Crippen molar-refractivity contribution in [1.82, 2.24) is 14.5 Å².